The SMILES string of the molecule is CCN(CC)C(CN=C(N)NC1CCOc2ccccc21)c1cccc(OC)c1. The zero-order valence-corrected chi connectivity index (χ0v) is 17.6. The fraction of sp³-hybridized carbons (Fsp3) is 0.435. The van der Waals surface area contributed by atoms with Crippen LogP contribution in [0.2, 0.25) is 0 Å². The number of guanidine groups is 1. The lowest BCUT2D eigenvalue weighted by Gasteiger charge is -2.30. The van der Waals surface area contributed by atoms with Crippen LogP contribution in [0.4, 0.5) is 0 Å². The predicted molar refractivity (Wildman–Crippen MR) is 118 cm³/mol. The van der Waals surface area contributed by atoms with E-state index in [0.717, 1.165) is 36.6 Å². The first kappa shape index (κ1) is 21.0. The number of ether oxygens (including phenoxy) is 2. The number of para-hydroxylation sites is 1. The standard InChI is InChI=1S/C23H32N4O2/c1-4-27(5-2)21(17-9-8-10-18(15-17)28-3)16-25-23(24)26-20-13-14-29-22-12-7-6-11-19(20)22/h6-12,15,20-21H,4-5,13-14,16H2,1-3H3,(H3,24,25,26). The first-order chi connectivity index (χ1) is 14.2. The van der Waals surface area contributed by atoms with E-state index in [-0.39, 0.29) is 12.1 Å². The van der Waals surface area contributed by atoms with Gasteiger partial charge in [0.15, 0.2) is 5.96 Å². The van der Waals surface area contributed by atoms with Crippen LogP contribution in [0.25, 0.3) is 0 Å². The van der Waals surface area contributed by atoms with Gasteiger partial charge in [-0.05, 0) is 36.9 Å². The molecule has 0 saturated heterocycles. The molecule has 1 heterocycles. The van der Waals surface area contributed by atoms with E-state index < -0.39 is 0 Å². The summed E-state index contributed by atoms with van der Waals surface area (Å²) in [5, 5.41) is 3.38. The highest BCUT2D eigenvalue weighted by molar-refractivity contribution is 5.78. The Morgan fingerprint density at radius 3 is 2.79 bits per heavy atom. The van der Waals surface area contributed by atoms with E-state index in [1.165, 1.54) is 5.56 Å². The Morgan fingerprint density at radius 2 is 2.03 bits per heavy atom. The number of rotatable bonds is 8. The number of hydrogen-bond donors (Lipinski definition) is 2. The molecule has 0 amide bonds. The van der Waals surface area contributed by atoms with Gasteiger partial charge in [0.2, 0.25) is 0 Å². The second-order valence-corrected chi connectivity index (χ2v) is 7.11. The van der Waals surface area contributed by atoms with Crippen molar-refractivity contribution in [2.75, 3.05) is 33.4 Å². The van der Waals surface area contributed by atoms with Gasteiger partial charge in [0.1, 0.15) is 11.5 Å². The van der Waals surface area contributed by atoms with Crippen molar-refractivity contribution < 1.29 is 9.47 Å². The lowest BCUT2D eigenvalue weighted by Crippen LogP contribution is -2.38. The zero-order valence-electron chi connectivity index (χ0n) is 17.6. The van der Waals surface area contributed by atoms with E-state index in [9.17, 15) is 0 Å². The lowest BCUT2D eigenvalue weighted by molar-refractivity contribution is 0.223. The molecule has 156 valence electrons. The summed E-state index contributed by atoms with van der Waals surface area (Å²) in [6.45, 7) is 7.47. The summed E-state index contributed by atoms with van der Waals surface area (Å²) in [4.78, 5) is 7.08. The molecule has 0 bridgehead atoms. The normalized spacial score (nSPS) is 17.4. The minimum absolute atomic E-state index is 0.118. The van der Waals surface area contributed by atoms with Gasteiger partial charge in [-0.15, -0.1) is 0 Å². The third kappa shape index (κ3) is 5.21. The van der Waals surface area contributed by atoms with Gasteiger partial charge in [-0.1, -0.05) is 44.2 Å². The van der Waals surface area contributed by atoms with E-state index in [1.807, 2.05) is 30.3 Å². The Bertz CT molecular complexity index is 820. The van der Waals surface area contributed by atoms with Crippen LogP contribution >= 0.6 is 0 Å². The smallest absolute Gasteiger partial charge is 0.189 e. The van der Waals surface area contributed by atoms with Crippen molar-refractivity contribution in [3.63, 3.8) is 0 Å². The minimum Gasteiger partial charge on any atom is -0.497 e. The Hall–Kier alpha value is -2.73. The molecule has 1 aliphatic rings. The largest absolute Gasteiger partial charge is 0.497 e. The summed E-state index contributed by atoms with van der Waals surface area (Å²) in [5.41, 5.74) is 8.59. The molecule has 0 fully saturated rings. The van der Waals surface area contributed by atoms with E-state index in [1.54, 1.807) is 7.11 Å². The topological polar surface area (TPSA) is 72.1 Å². The number of benzene rings is 2. The molecule has 3 rings (SSSR count). The van der Waals surface area contributed by atoms with Crippen molar-refractivity contribution in [3.8, 4) is 11.5 Å². The molecule has 2 unspecified atom stereocenters. The molecule has 6 nitrogen and oxygen atoms in total. The van der Waals surface area contributed by atoms with Crippen molar-refractivity contribution in [2.24, 2.45) is 10.7 Å². The summed E-state index contributed by atoms with van der Waals surface area (Å²) in [6.07, 6.45) is 0.864. The summed E-state index contributed by atoms with van der Waals surface area (Å²) >= 11 is 0. The molecule has 0 saturated carbocycles. The minimum atomic E-state index is 0.118. The van der Waals surface area contributed by atoms with Crippen molar-refractivity contribution in [1.82, 2.24) is 10.2 Å². The van der Waals surface area contributed by atoms with Crippen LogP contribution in [-0.2, 0) is 0 Å². The van der Waals surface area contributed by atoms with Gasteiger partial charge < -0.3 is 20.5 Å². The average Bonchev–Trinajstić information content (AvgIpc) is 2.77. The number of nitrogens with zero attached hydrogens (tertiary/aromatic N) is 2. The number of nitrogens with one attached hydrogen (secondary N) is 1. The fourth-order valence-electron chi connectivity index (χ4n) is 3.85. The Balaban J connectivity index is 1.75. The van der Waals surface area contributed by atoms with Crippen molar-refractivity contribution in [2.45, 2.75) is 32.4 Å². The van der Waals surface area contributed by atoms with Gasteiger partial charge in [0, 0.05) is 12.0 Å². The molecule has 0 radical (unpaired) electrons. The number of nitrogens with two attached hydrogens (primary N) is 1. The quantitative estimate of drug-likeness (QED) is 0.528. The van der Waals surface area contributed by atoms with Crippen molar-refractivity contribution >= 4 is 5.96 Å². The fourth-order valence-corrected chi connectivity index (χ4v) is 3.85. The highest BCUT2D eigenvalue weighted by Gasteiger charge is 2.22. The molecule has 0 aliphatic carbocycles. The monoisotopic (exact) mass is 396 g/mol. The van der Waals surface area contributed by atoms with Crippen molar-refractivity contribution in [3.05, 3.63) is 59.7 Å². The first-order valence-corrected chi connectivity index (χ1v) is 10.3. The molecule has 3 N–H and O–H groups in total. The highest BCUT2D eigenvalue weighted by Crippen LogP contribution is 2.31. The summed E-state index contributed by atoms with van der Waals surface area (Å²) in [5.74, 6) is 2.24. The van der Waals surface area contributed by atoms with Gasteiger partial charge in [-0.3, -0.25) is 9.89 Å². The van der Waals surface area contributed by atoms with E-state index >= 15 is 0 Å². The Kier molecular flexibility index (Phi) is 7.36. The number of hydrogen-bond acceptors (Lipinski definition) is 4. The summed E-state index contributed by atoms with van der Waals surface area (Å²) in [6, 6.07) is 16.5. The lowest BCUT2D eigenvalue weighted by atomic mass is 10.0. The molecule has 1 aliphatic heterocycles. The van der Waals surface area contributed by atoms with E-state index in [0.29, 0.717) is 19.1 Å². The zero-order chi connectivity index (χ0) is 20.6. The van der Waals surface area contributed by atoms with Gasteiger partial charge in [-0.2, -0.15) is 0 Å². The number of likely N-dealkylation sites (N-methyl/N-ethyl adjacent to an activating group) is 1. The van der Waals surface area contributed by atoms with Crippen LogP contribution in [0, 0.1) is 0 Å². The molecule has 0 spiro atoms. The molecule has 2 aromatic rings. The average molecular weight is 397 g/mol. The van der Waals surface area contributed by atoms with Crippen LogP contribution in [0.15, 0.2) is 53.5 Å². The molecular weight excluding hydrogens is 364 g/mol. The number of methoxy groups -OCH3 is 1. The van der Waals surface area contributed by atoms with Crippen LogP contribution in [0.5, 0.6) is 11.5 Å². The maximum atomic E-state index is 6.28. The molecule has 2 atom stereocenters. The molecule has 0 aromatic heterocycles. The first-order valence-electron chi connectivity index (χ1n) is 10.3. The van der Waals surface area contributed by atoms with Crippen molar-refractivity contribution in [1.29, 1.82) is 0 Å². The maximum Gasteiger partial charge on any atom is 0.189 e. The molecule has 2 aromatic carbocycles. The Morgan fingerprint density at radius 1 is 1.24 bits per heavy atom. The Labute approximate surface area is 173 Å². The van der Waals surface area contributed by atoms with Gasteiger partial charge in [0.25, 0.3) is 0 Å². The van der Waals surface area contributed by atoms with Crippen LogP contribution < -0.4 is 20.5 Å². The third-order valence-corrected chi connectivity index (χ3v) is 5.45. The summed E-state index contributed by atoms with van der Waals surface area (Å²) < 4.78 is 11.1. The third-order valence-electron chi connectivity index (χ3n) is 5.45. The maximum absolute atomic E-state index is 6.28. The van der Waals surface area contributed by atoms with Crippen LogP contribution in [-0.4, -0.2) is 44.2 Å². The second kappa shape index (κ2) is 10.2. The molecule has 29 heavy (non-hydrogen) atoms. The van der Waals surface area contributed by atoms with Gasteiger partial charge in [-0.25, -0.2) is 0 Å². The van der Waals surface area contributed by atoms with E-state index in [2.05, 4.69) is 42.3 Å². The van der Waals surface area contributed by atoms with E-state index in [4.69, 9.17) is 20.2 Å². The molecule has 6 heteroatoms. The highest BCUT2D eigenvalue weighted by atomic mass is 16.5. The van der Waals surface area contributed by atoms with Crippen LogP contribution in [0.3, 0.4) is 0 Å². The predicted octanol–water partition coefficient (Wildman–Crippen LogP) is 3.51. The molecular formula is C23H32N4O2. The summed E-state index contributed by atoms with van der Waals surface area (Å²) in [7, 11) is 1.69. The van der Waals surface area contributed by atoms with Gasteiger partial charge in [0.05, 0.1) is 32.3 Å². The number of fused-ring (bicyclic) bond motifs is 1. The van der Waals surface area contributed by atoms with Crippen LogP contribution in [0.1, 0.15) is 43.5 Å². The second-order valence-electron chi connectivity index (χ2n) is 7.11. The number of aliphatic imine (C=N–C) groups is 1. The van der Waals surface area contributed by atoms with Gasteiger partial charge >= 0.3 is 0 Å².